The van der Waals surface area contributed by atoms with Crippen molar-refractivity contribution < 1.29 is 0 Å². The van der Waals surface area contributed by atoms with Gasteiger partial charge in [0.1, 0.15) is 0 Å². The molecule has 21 heavy (non-hydrogen) atoms. The number of likely N-dealkylation sites (N-methyl/N-ethyl adjacent to an activating group) is 1. The molecule has 1 aromatic rings. The van der Waals surface area contributed by atoms with Crippen molar-refractivity contribution in [3.8, 4) is 0 Å². The number of nitrogens with one attached hydrogen (secondary N) is 1. The van der Waals surface area contributed by atoms with Crippen LogP contribution in [-0.2, 0) is 6.42 Å². The first kappa shape index (κ1) is 15.6. The second-order valence-electron chi connectivity index (χ2n) is 6.59. The molecule has 0 radical (unpaired) electrons. The average Bonchev–Trinajstić information content (AvgIpc) is 2.70. The third-order valence-corrected chi connectivity index (χ3v) is 6.40. The highest BCUT2D eigenvalue weighted by Crippen LogP contribution is 2.39. The molecule has 1 N–H and O–H groups in total. The van der Waals surface area contributed by atoms with Gasteiger partial charge in [0.25, 0.3) is 0 Å². The van der Waals surface area contributed by atoms with Crippen molar-refractivity contribution in [2.24, 2.45) is 5.92 Å². The van der Waals surface area contributed by atoms with E-state index in [1.807, 2.05) is 12.1 Å². The number of halogens is 2. The summed E-state index contributed by atoms with van der Waals surface area (Å²) in [5, 5.41) is 4.91. The second-order valence-corrected chi connectivity index (χ2v) is 7.38. The Labute approximate surface area is 137 Å². The number of hydrogen-bond acceptors (Lipinski definition) is 2. The van der Waals surface area contributed by atoms with Crippen LogP contribution in [0.5, 0.6) is 0 Å². The Morgan fingerprint density at radius 2 is 1.90 bits per heavy atom. The zero-order valence-electron chi connectivity index (χ0n) is 12.8. The fourth-order valence-electron chi connectivity index (χ4n) is 4.23. The van der Waals surface area contributed by atoms with Crippen molar-refractivity contribution >= 4 is 23.2 Å². The summed E-state index contributed by atoms with van der Waals surface area (Å²) < 4.78 is 0. The predicted molar refractivity (Wildman–Crippen MR) is 90.3 cm³/mol. The number of piperidine rings is 1. The first-order valence-corrected chi connectivity index (χ1v) is 8.67. The van der Waals surface area contributed by atoms with Crippen molar-refractivity contribution in [2.45, 2.75) is 50.2 Å². The third kappa shape index (κ3) is 3.10. The molecule has 2 fully saturated rings. The lowest BCUT2D eigenvalue weighted by molar-refractivity contribution is 0.114. The Kier molecular flexibility index (Phi) is 4.80. The summed E-state index contributed by atoms with van der Waals surface area (Å²) in [6.45, 7) is 0. The van der Waals surface area contributed by atoms with E-state index in [4.69, 9.17) is 23.2 Å². The van der Waals surface area contributed by atoms with Crippen LogP contribution in [0.2, 0.25) is 10.0 Å². The predicted octanol–water partition coefficient (Wildman–Crippen LogP) is 4.00. The molecule has 2 aliphatic rings. The largest absolute Gasteiger partial charge is 0.316 e. The van der Waals surface area contributed by atoms with Gasteiger partial charge in [-0.1, -0.05) is 35.3 Å². The smallest absolute Gasteiger partial charge is 0.0624 e. The molecule has 0 spiro atoms. The Morgan fingerprint density at radius 1 is 1.24 bits per heavy atom. The van der Waals surface area contributed by atoms with Gasteiger partial charge in [0.15, 0.2) is 0 Å². The lowest BCUT2D eigenvalue weighted by atomic mass is 9.82. The lowest BCUT2D eigenvalue weighted by Crippen LogP contribution is -2.47. The van der Waals surface area contributed by atoms with Gasteiger partial charge in [-0.2, -0.15) is 0 Å². The quantitative estimate of drug-likeness (QED) is 0.899. The summed E-state index contributed by atoms with van der Waals surface area (Å²) in [5.41, 5.74) is 1.16. The van der Waals surface area contributed by atoms with Crippen molar-refractivity contribution in [2.75, 3.05) is 14.1 Å². The minimum atomic E-state index is 0.484. The Morgan fingerprint density at radius 3 is 2.52 bits per heavy atom. The van der Waals surface area contributed by atoms with E-state index in [0.29, 0.717) is 11.1 Å². The van der Waals surface area contributed by atoms with Crippen molar-refractivity contribution in [1.82, 2.24) is 10.2 Å². The highest BCUT2D eigenvalue weighted by atomic mass is 35.5. The molecule has 3 unspecified atom stereocenters. The zero-order valence-corrected chi connectivity index (χ0v) is 14.3. The van der Waals surface area contributed by atoms with Crippen LogP contribution in [0.3, 0.4) is 0 Å². The van der Waals surface area contributed by atoms with E-state index >= 15 is 0 Å². The lowest BCUT2D eigenvalue weighted by Gasteiger charge is -2.40. The first-order valence-electron chi connectivity index (χ1n) is 7.92. The molecule has 3 atom stereocenters. The fraction of sp³-hybridized carbons (Fsp3) is 0.647. The van der Waals surface area contributed by atoms with Gasteiger partial charge < -0.3 is 10.2 Å². The van der Waals surface area contributed by atoms with Crippen LogP contribution in [0.1, 0.15) is 31.2 Å². The Hall–Kier alpha value is -0.280. The van der Waals surface area contributed by atoms with E-state index in [-0.39, 0.29) is 0 Å². The van der Waals surface area contributed by atoms with Crippen molar-refractivity contribution in [3.63, 3.8) is 0 Å². The zero-order chi connectivity index (χ0) is 15.0. The van der Waals surface area contributed by atoms with Gasteiger partial charge in [-0.25, -0.2) is 0 Å². The SMILES string of the molecule is CNC(Cc1cccc(Cl)c1Cl)C1CC2CCC(C1)N2C. The Balaban J connectivity index is 1.72. The highest BCUT2D eigenvalue weighted by molar-refractivity contribution is 6.42. The number of rotatable bonds is 4. The van der Waals surface area contributed by atoms with Crippen LogP contribution in [0.25, 0.3) is 0 Å². The van der Waals surface area contributed by atoms with Crippen molar-refractivity contribution in [1.29, 1.82) is 0 Å². The molecule has 0 saturated carbocycles. The fourth-order valence-corrected chi connectivity index (χ4v) is 4.63. The molecular weight excluding hydrogens is 303 g/mol. The maximum absolute atomic E-state index is 6.36. The molecule has 2 nitrogen and oxygen atoms in total. The summed E-state index contributed by atoms with van der Waals surface area (Å²) in [7, 11) is 4.37. The van der Waals surface area contributed by atoms with Gasteiger partial charge in [0.2, 0.25) is 0 Å². The number of fused-ring (bicyclic) bond motifs is 2. The topological polar surface area (TPSA) is 15.3 Å². The first-order chi connectivity index (χ1) is 10.1. The molecule has 2 heterocycles. The molecule has 2 aliphatic heterocycles. The van der Waals surface area contributed by atoms with Gasteiger partial charge in [0.05, 0.1) is 10.0 Å². The molecular formula is C17H24Cl2N2. The van der Waals surface area contributed by atoms with Crippen LogP contribution in [-0.4, -0.2) is 37.1 Å². The van der Waals surface area contributed by atoms with E-state index in [1.165, 1.54) is 25.7 Å². The minimum Gasteiger partial charge on any atom is -0.316 e. The van der Waals surface area contributed by atoms with Crippen LogP contribution < -0.4 is 5.32 Å². The number of nitrogens with zero attached hydrogens (tertiary/aromatic N) is 1. The second kappa shape index (κ2) is 6.45. The van der Waals surface area contributed by atoms with Gasteiger partial charge >= 0.3 is 0 Å². The Bertz CT molecular complexity index is 492. The molecule has 4 heteroatoms. The van der Waals surface area contributed by atoms with Crippen LogP contribution in [0.15, 0.2) is 18.2 Å². The monoisotopic (exact) mass is 326 g/mol. The molecule has 1 aromatic carbocycles. The van der Waals surface area contributed by atoms with Crippen molar-refractivity contribution in [3.05, 3.63) is 33.8 Å². The van der Waals surface area contributed by atoms with E-state index < -0.39 is 0 Å². The molecule has 0 aliphatic carbocycles. The van der Waals surface area contributed by atoms with Crippen LogP contribution >= 0.6 is 23.2 Å². The van der Waals surface area contributed by atoms with Crippen LogP contribution in [0.4, 0.5) is 0 Å². The molecule has 2 saturated heterocycles. The van der Waals surface area contributed by atoms with E-state index in [2.05, 4.69) is 30.4 Å². The molecule has 0 amide bonds. The molecule has 3 rings (SSSR count). The summed E-state index contributed by atoms with van der Waals surface area (Å²) in [6, 6.07) is 7.99. The van der Waals surface area contributed by atoms with Gasteiger partial charge in [0, 0.05) is 18.1 Å². The molecule has 116 valence electrons. The van der Waals surface area contributed by atoms with E-state index in [0.717, 1.165) is 35.0 Å². The molecule has 0 aromatic heterocycles. The summed E-state index contributed by atoms with van der Waals surface area (Å²) in [6.07, 6.45) is 6.30. The normalized spacial score (nSPS) is 30.6. The minimum absolute atomic E-state index is 0.484. The molecule has 2 bridgehead atoms. The van der Waals surface area contributed by atoms with Gasteiger partial charge in [-0.05, 0) is 63.7 Å². The maximum atomic E-state index is 6.36. The van der Waals surface area contributed by atoms with E-state index in [9.17, 15) is 0 Å². The number of hydrogen-bond donors (Lipinski definition) is 1. The average molecular weight is 327 g/mol. The third-order valence-electron chi connectivity index (χ3n) is 5.55. The van der Waals surface area contributed by atoms with Gasteiger partial charge in [-0.15, -0.1) is 0 Å². The summed E-state index contributed by atoms with van der Waals surface area (Å²) in [5.74, 6) is 0.735. The van der Waals surface area contributed by atoms with Crippen LogP contribution in [0, 0.1) is 5.92 Å². The highest BCUT2D eigenvalue weighted by Gasteiger charge is 2.40. The summed E-state index contributed by atoms with van der Waals surface area (Å²) in [4.78, 5) is 2.59. The van der Waals surface area contributed by atoms with E-state index in [1.54, 1.807) is 0 Å². The standard InChI is InChI=1S/C17H24Cl2N2/c1-20-16(10-11-4-3-5-15(18)17(11)19)12-8-13-6-7-14(9-12)21(13)2/h3-5,12-14,16,20H,6-10H2,1-2H3. The van der Waals surface area contributed by atoms with Gasteiger partial charge in [-0.3, -0.25) is 0 Å². The maximum Gasteiger partial charge on any atom is 0.0624 e. The summed E-state index contributed by atoms with van der Waals surface area (Å²) >= 11 is 12.5. The number of benzene rings is 1.